The largest absolute Gasteiger partial charge is 0.478 e. The van der Waals surface area contributed by atoms with Crippen LogP contribution in [0.3, 0.4) is 0 Å². The third-order valence-electron chi connectivity index (χ3n) is 2.69. The maximum atomic E-state index is 11.1. The van der Waals surface area contributed by atoms with Crippen LogP contribution in [0, 0.1) is 24.0 Å². The van der Waals surface area contributed by atoms with E-state index in [0.717, 1.165) is 12.3 Å². The summed E-state index contributed by atoms with van der Waals surface area (Å²) in [5.41, 5.74) is 0.269. The Morgan fingerprint density at radius 3 is 2.60 bits per heavy atom. The molecule has 104 valence electrons. The lowest BCUT2D eigenvalue weighted by Gasteiger charge is -2.05. The van der Waals surface area contributed by atoms with Gasteiger partial charge >= 0.3 is 11.7 Å². The number of carboxylic acid groups (broad SMARTS) is 1. The van der Waals surface area contributed by atoms with Crippen molar-refractivity contribution in [2.75, 3.05) is 0 Å². The van der Waals surface area contributed by atoms with Crippen LogP contribution in [0.25, 0.3) is 5.82 Å². The lowest BCUT2D eigenvalue weighted by Crippen LogP contribution is -2.08. The van der Waals surface area contributed by atoms with Crippen LogP contribution in [0.1, 0.15) is 21.7 Å². The van der Waals surface area contributed by atoms with Crippen LogP contribution < -0.4 is 0 Å². The second kappa shape index (κ2) is 4.89. The molecule has 0 fully saturated rings. The van der Waals surface area contributed by atoms with E-state index in [1.165, 1.54) is 4.68 Å². The number of carbonyl (C=O) groups is 1. The molecule has 0 spiro atoms. The average molecular weight is 297 g/mol. The van der Waals surface area contributed by atoms with Crippen molar-refractivity contribution >= 4 is 23.3 Å². The molecule has 0 atom stereocenters. The van der Waals surface area contributed by atoms with Crippen LogP contribution >= 0.6 is 11.6 Å². The molecule has 0 aliphatic carbocycles. The fraction of sp³-hybridized carbons (Fsp3) is 0.182. The van der Waals surface area contributed by atoms with Gasteiger partial charge in [-0.15, -0.1) is 0 Å². The first kappa shape index (κ1) is 13.9. The standard InChI is InChI=1S/C11H9ClN4O4/c1-5-9(12)6(2)15(14-5)10-8(16(19)20)3-7(4-13-10)11(17)18/h3-4H,1-2H3,(H,17,18). The zero-order valence-corrected chi connectivity index (χ0v) is 11.2. The van der Waals surface area contributed by atoms with E-state index in [9.17, 15) is 14.9 Å². The molecule has 2 heterocycles. The van der Waals surface area contributed by atoms with Crippen LogP contribution in [0.15, 0.2) is 12.3 Å². The van der Waals surface area contributed by atoms with Crippen LogP contribution in [-0.2, 0) is 0 Å². The molecule has 0 saturated carbocycles. The number of aromatic nitrogens is 3. The zero-order chi connectivity index (χ0) is 15.0. The zero-order valence-electron chi connectivity index (χ0n) is 10.5. The minimum absolute atomic E-state index is 0.0764. The summed E-state index contributed by atoms with van der Waals surface area (Å²) in [6, 6.07) is 0.940. The van der Waals surface area contributed by atoms with Gasteiger partial charge in [-0.25, -0.2) is 14.5 Å². The Bertz CT molecular complexity index is 725. The van der Waals surface area contributed by atoms with Crippen LogP contribution in [-0.4, -0.2) is 30.8 Å². The predicted molar refractivity (Wildman–Crippen MR) is 69.5 cm³/mol. The molecule has 0 aromatic carbocycles. The Balaban J connectivity index is 2.70. The van der Waals surface area contributed by atoms with Gasteiger partial charge in [0.2, 0.25) is 5.82 Å². The van der Waals surface area contributed by atoms with E-state index < -0.39 is 16.6 Å². The van der Waals surface area contributed by atoms with Gasteiger partial charge in [0, 0.05) is 12.3 Å². The fourth-order valence-corrected chi connectivity index (χ4v) is 1.81. The van der Waals surface area contributed by atoms with Gasteiger partial charge in [0.15, 0.2) is 0 Å². The molecule has 2 aromatic rings. The highest BCUT2D eigenvalue weighted by Gasteiger charge is 2.23. The lowest BCUT2D eigenvalue weighted by molar-refractivity contribution is -0.385. The molecule has 0 radical (unpaired) electrons. The Hall–Kier alpha value is -2.48. The molecule has 20 heavy (non-hydrogen) atoms. The number of aromatic carboxylic acids is 1. The topological polar surface area (TPSA) is 111 Å². The number of nitrogens with zero attached hydrogens (tertiary/aromatic N) is 4. The number of hydrogen-bond donors (Lipinski definition) is 1. The highest BCUT2D eigenvalue weighted by atomic mass is 35.5. The summed E-state index contributed by atoms with van der Waals surface area (Å²) >= 11 is 5.99. The molecule has 0 aliphatic rings. The number of pyridine rings is 1. The second-order valence-corrected chi connectivity index (χ2v) is 4.40. The Morgan fingerprint density at radius 2 is 2.15 bits per heavy atom. The third-order valence-corrected chi connectivity index (χ3v) is 3.24. The van der Waals surface area contributed by atoms with Gasteiger partial charge in [0.25, 0.3) is 0 Å². The van der Waals surface area contributed by atoms with Gasteiger partial charge in [-0.2, -0.15) is 5.10 Å². The van der Waals surface area contributed by atoms with E-state index >= 15 is 0 Å². The molecule has 0 saturated heterocycles. The van der Waals surface area contributed by atoms with Crippen molar-refractivity contribution in [3.05, 3.63) is 44.4 Å². The van der Waals surface area contributed by atoms with Crippen molar-refractivity contribution < 1.29 is 14.8 Å². The van der Waals surface area contributed by atoms with E-state index in [0.29, 0.717) is 16.4 Å². The molecule has 9 heteroatoms. The summed E-state index contributed by atoms with van der Waals surface area (Å²) in [5, 5.41) is 24.4. The maximum Gasteiger partial charge on any atom is 0.337 e. The smallest absolute Gasteiger partial charge is 0.337 e. The first-order valence-electron chi connectivity index (χ1n) is 5.42. The van der Waals surface area contributed by atoms with Crippen molar-refractivity contribution in [2.24, 2.45) is 0 Å². The normalized spacial score (nSPS) is 10.6. The summed E-state index contributed by atoms with van der Waals surface area (Å²) in [7, 11) is 0. The Labute approximate surface area is 117 Å². The summed E-state index contributed by atoms with van der Waals surface area (Å²) in [6.45, 7) is 3.29. The number of carboxylic acids is 1. The van der Waals surface area contributed by atoms with Gasteiger partial charge in [-0.05, 0) is 13.8 Å². The molecular weight excluding hydrogens is 288 g/mol. The first-order chi connectivity index (χ1) is 9.32. The number of aryl methyl sites for hydroxylation is 1. The molecule has 0 aliphatic heterocycles. The number of rotatable bonds is 3. The average Bonchev–Trinajstić information content (AvgIpc) is 2.65. The number of nitro groups is 1. The fourth-order valence-electron chi connectivity index (χ4n) is 1.69. The molecular formula is C11H9ClN4O4. The molecule has 0 unspecified atom stereocenters. The van der Waals surface area contributed by atoms with E-state index in [4.69, 9.17) is 16.7 Å². The van der Waals surface area contributed by atoms with E-state index in [-0.39, 0.29) is 11.4 Å². The van der Waals surface area contributed by atoms with E-state index in [1.54, 1.807) is 13.8 Å². The highest BCUT2D eigenvalue weighted by molar-refractivity contribution is 6.31. The summed E-state index contributed by atoms with van der Waals surface area (Å²) < 4.78 is 1.22. The van der Waals surface area contributed by atoms with Crippen LogP contribution in [0.4, 0.5) is 5.69 Å². The van der Waals surface area contributed by atoms with E-state index in [2.05, 4.69) is 10.1 Å². The lowest BCUT2D eigenvalue weighted by atomic mass is 10.2. The Kier molecular flexibility index (Phi) is 3.41. The van der Waals surface area contributed by atoms with Gasteiger partial charge in [-0.1, -0.05) is 11.6 Å². The van der Waals surface area contributed by atoms with Gasteiger partial charge < -0.3 is 5.11 Å². The van der Waals surface area contributed by atoms with Gasteiger partial charge in [0.1, 0.15) is 0 Å². The third kappa shape index (κ3) is 2.21. The van der Waals surface area contributed by atoms with Crippen molar-refractivity contribution in [1.29, 1.82) is 0 Å². The minimum atomic E-state index is -1.29. The molecule has 8 nitrogen and oxygen atoms in total. The maximum absolute atomic E-state index is 11.1. The molecule has 1 N–H and O–H groups in total. The van der Waals surface area contributed by atoms with Crippen molar-refractivity contribution in [1.82, 2.24) is 14.8 Å². The van der Waals surface area contributed by atoms with Gasteiger partial charge in [-0.3, -0.25) is 10.1 Å². The van der Waals surface area contributed by atoms with Crippen LogP contribution in [0.2, 0.25) is 5.02 Å². The van der Waals surface area contributed by atoms with Crippen molar-refractivity contribution in [3.8, 4) is 5.82 Å². The summed E-state index contributed by atoms with van der Waals surface area (Å²) in [6.07, 6.45) is 1.04. The Morgan fingerprint density at radius 1 is 1.50 bits per heavy atom. The van der Waals surface area contributed by atoms with Crippen molar-refractivity contribution in [3.63, 3.8) is 0 Å². The molecule has 2 rings (SSSR count). The monoisotopic (exact) mass is 296 g/mol. The van der Waals surface area contributed by atoms with Gasteiger partial charge in [0.05, 0.1) is 26.9 Å². The number of halogens is 1. The molecule has 0 bridgehead atoms. The quantitative estimate of drug-likeness (QED) is 0.686. The highest BCUT2D eigenvalue weighted by Crippen LogP contribution is 2.27. The molecule has 0 amide bonds. The van der Waals surface area contributed by atoms with E-state index in [1.807, 2.05) is 0 Å². The number of hydrogen-bond acceptors (Lipinski definition) is 5. The summed E-state index contributed by atoms with van der Waals surface area (Å²) in [4.78, 5) is 25.0. The second-order valence-electron chi connectivity index (χ2n) is 4.03. The minimum Gasteiger partial charge on any atom is -0.478 e. The van der Waals surface area contributed by atoms with Crippen LogP contribution in [0.5, 0.6) is 0 Å². The summed E-state index contributed by atoms with van der Waals surface area (Å²) in [5.74, 6) is -1.37. The molecule has 2 aromatic heterocycles. The van der Waals surface area contributed by atoms with Crippen molar-refractivity contribution in [2.45, 2.75) is 13.8 Å². The SMILES string of the molecule is Cc1nn(-c2ncc(C(=O)O)cc2[N+](=O)[O-])c(C)c1Cl. The predicted octanol–water partition coefficient (Wildman–Crippen LogP) is 2.14. The first-order valence-corrected chi connectivity index (χ1v) is 5.80.